The van der Waals surface area contributed by atoms with Crippen LogP contribution in [0.5, 0.6) is 0 Å². The van der Waals surface area contributed by atoms with Crippen molar-refractivity contribution >= 4 is 17.6 Å². The van der Waals surface area contributed by atoms with Gasteiger partial charge in [-0.3, -0.25) is 0 Å². The van der Waals surface area contributed by atoms with Gasteiger partial charge < -0.3 is 24.7 Å². The van der Waals surface area contributed by atoms with Gasteiger partial charge in [-0.05, 0) is 32.0 Å². The van der Waals surface area contributed by atoms with Crippen LogP contribution in [-0.2, 0) is 14.3 Å². The standard InChI is InChI=1S/C15H24N2O.C4H4O4/c1-16(11-12-18-2)13-15-9-6-10-17(15)14-7-4-3-5-8-14;5-3(6)1-2-4(7)8/h3-5,7-8,15H,6,9-13H2,1-2H3;1-2H,(H,5,6)(H,7,8)/b;2-1+. The van der Waals surface area contributed by atoms with E-state index in [4.69, 9.17) is 14.9 Å². The molecular weight excluding hydrogens is 336 g/mol. The lowest BCUT2D eigenvalue weighted by atomic mass is 10.2. The van der Waals surface area contributed by atoms with Gasteiger partial charge in [-0.2, -0.15) is 0 Å². The molecule has 0 aromatic heterocycles. The average Bonchev–Trinajstić information content (AvgIpc) is 3.07. The van der Waals surface area contributed by atoms with Gasteiger partial charge in [-0.1, -0.05) is 18.2 Å². The fraction of sp³-hybridized carbons (Fsp3) is 0.474. The lowest BCUT2D eigenvalue weighted by Crippen LogP contribution is -2.39. The highest BCUT2D eigenvalue weighted by atomic mass is 16.5. The van der Waals surface area contributed by atoms with Crippen molar-refractivity contribution in [2.75, 3.05) is 45.3 Å². The number of para-hydroxylation sites is 1. The van der Waals surface area contributed by atoms with Crippen LogP contribution in [-0.4, -0.2) is 73.5 Å². The zero-order chi connectivity index (χ0) is 19.4. The summed E-state index contributed by atoms with van der Waals surface area (Å²) < 4.78 is 5.13. The molecule has 1 aliphatic rings. The summed E-state index contributed by atoms with van der Waals surface area (Å²) in [4.78, 5) is 24.0. The van der Waals surface area contributed by atoms with Crippen molar-refractivity contribution < 1.29 is 24.5 Å². The number of aliphatic carboxylic acids is 2. The Morgan fingerprint density at radius 3 is 2.38 bits per heavy atom. The number of carbonyl (C=O) groups is 2. The molecular formula is C19H28N2O5. The van der Waals surface area contributed by atoms with Crippen LogP contribution in [0.4, 0.5) is 5.69 Å². The molecule has 0 spiro atoms. The molecule has 0 amide bonds. The van der Waals surface area contributed by atoms with Gasteiger partial charge in [0.15, 0.2) is 0 Å². The van der Waals surface area contributed by atoms with Gasteiger partial charge in [0.05, 0.1) is 6.61 Å². The first-order chi connectivity index (χ1) is 12.4. The van der Waals surface area contributed by atoms with Crippen molar-refractivity contribution in [2.24, 2.45) is 0 Å². The molecule has 1 heterocycles. The number of ether oxygens (including phenoxy) is 1. The average molecular weight is 364 g/mol. The van der Waals surface area contributed by atoms with E-state index in [0.717, 1.165) is 19.7 Å². The number of rotatable bonds is 8. The number of anilines is 1. The van der Waals surface area contributed by atoms with Crippen LogP contribution < -0.4 is 4.90 Å². The minimum atomic E-state index is -1.26. The lowest BCUT2D eigenvalue weighted by Gasteiger charge is -2.30. The van der Waals surface area contributed by atoms with Gasteiger partial charge in [-0.15, -0.1) is 0 Å². The van der Waals surface area contributed by atoms with E-state index in [9.17, 15) is 9.59 Å². The molecule has 1 saturated heterocycles. The van der Waals surface area contributed by atoms with E-state index in [1.165, 1.54) is 25.1 Å². The van der Waals surface area contributed by atoms with Crippen LogP contribution in [0.2, 0.25) is 0 Å². The summed E-state index contributed by atoms with van der Waals surface area (Å²) in [6.45, 7) is 4.13. The number of likely N-dealkylation sites (N-methyl/N-ethyl adjacent to an activating group) is 1. The molecule has 1 fully saturated rings. The summed E-state index contributed by atoms with van der Waals surface area (Å²) in [7, 11) is 3.94. The van der Waals surface area contributed by atoms with Crippen molar-refractivity contribution in [3.05, 3.63) is 42.5 Å². The smallest absolute Gasteiger partial charge is 0.328 e. The van der Waals surface area contributed by atoms with Crippen LogP contribution in [0.25, 0.3) is 0 Å². The molecule has 7 nitrogen and oxygen atoms in total. The van der Waals surface area contributed by atoms with E-state index < -0.39 is 11.9 Å². The Morgan fingerprint density at radius 2 is 1.85 bits per heavy atom. The molecule has 0 radical (unpaired) electrons. The van der Waals surface area contributed by atoms with Crippen molar-refractivity contribution in [1.29, 1.82) is 0 Å². The van der Waals surface area contributed by atoms with E-state index in [-0.39, 0.29) is 0 Å². The first-order valence-corrected chi connectivity index (χ1v) is 8.57. The molecule has 0 saturated carbocycles. The summed E-state index contributed by atoms with van der Waals surface area (Å²) in [5.74, 6) is -2.51. The number of methoxy groups -OCH3 is 1. The molecule has 1 unspecified atom stereocenters. The SMILES string of the molecule is COCCN(C)CC1CCCN1c1ccccc1.O=C(O)/C=C/C(=O)O. The highest BCUT2D eigenvalue weighted by molar-refractivity contribution is 5.89. The van der Waals surface area contributed by atoms with Gasteiger partial charge >= 0.3 is 11.9 Å². The van der Waals surface area contributed by atoms with Crippen LogP contribution in [0.15, 0.2) is 42.5 Å². The van der Waals surface area contributed by atoms with Gasteiger partial charge in [0.2, 0.25) is 0 Å². The number of nitrogens with zero attached hydrogens (tertiary/aromatic N) is 2. The Kier molecular flexibility index (Phi) is 10.0. The number of hydrogen-bond donors (Lipinski definition) is 2. The van der Waals surface area contributed by atoms with Crippen LogP contribution in [0.1, 0.15) is 12.8 Å². The highest BCUT2D eigenvalue weighted by Crippen LogP contribution is 2.25. The molecule has 2 rings (SSSR count). The number of carboxylic acids is 2. The topological polar surface area (TPSA) is 90.3 Å². The Bertz CT molecular complexity index is 561. The molecule has 2 N–H and O–H groups in total. The predicted molar refractivity (Wildman–Crippen MR) is 101 cm³/mol. The van der Waals surface area contributed by atoms with E-state index in [0.29, 0.717) is 18.2 Å². The first-order valence-electron chi connectivity index (χ1n) is 8.57. The van der Waals surface area contributed by atoms with Crippen molar-refractivity contribution in [3.63, 3.8) is 0 Å². The quantitative estimate of drug-likeness (QED) is 0.681. The molecule has 0 aliphatic carbocycles. The number of benzene rings is 1. The van der Waals surface area contributed by atoms with E-state index >= 15 is 0 Å². The molecule has 26 heavy (non-hydrogen) atoms. The predicted octanol–water partition coefficient (Wildman–Crippen LogP) is 1.95. The Labute approximate surface area is 154 Å². The van der Waals surface area contributed by atoms with E-state index in [2.05, 4.69) is 47.2 Å². The summed E-state index contributed by atoms with van der Waals surface area (Å²) in [5.41, 5.74) is 1.36. The van der Waals surface area contributed by atoms with Gasteiger partial charge in [-0.25, -0.2) is 9.59 Å². The molecule has 0 bridgehead atoms. The zero-order valence-electron chi connectivity index (χ0n) is 15.4. The maximum absolute atomic E-state index is 9.55. The molecule has 1 aromatic rings. The minimum absolute atomic E-state index is 0.558. The Morgan fingerprint density at radius 1 is 1.23 bits per heavy atom. The van der Waals surface area contributed by atoms with E-state index in [1.807, 2.05) is 0 Å². The largest absolute Gasteiger partial charge is 0.478 e. The third-order valence-corrected chi connectivity index (χ3v) is 4.03. The Hall–Kier alpha value is -2.38. The number of carboxylic acid groups (broad SMARTS) is 2. The zero-order valence-corrected chi connectivity index (χ0v) is 15.4. The second kappa shape index (κ2) is 12.1. The van der Waals surface area contributed by atoms with Crippen molar-refractivity contribution in [3.8, 4) is 0 Å². The highest BCUT2D eigenvalue weighted by Gasteiger charge is 2.25. The van der Waals surface area contributed by atoms with Crippen LogP contribution in [0.3, 0.4) is 0 Å². The molecule has 1 aromatic carbocycles. The second-order valence-electron chi connectivity index (χ2n) is 6.09. The molecule has 1 aliphatic heterocycles. The molecule has 7 heteroatoms. The van der Waals surface area contributed by atoms with Crippen LogP contribution in [0, 0.1) is 0 Å². The van der Waals surface area contributed by atoms with Gasteiger partial charge in [0.25, 0.3) is 0 Å². The first kappa shape index (κ1) is 21.7. The minimum Gasteiger partial charge on any atom is -0.478 e. The number of hydrogen-bond acceptors (Lipinski definition) is 5. The molecule has 144 valence electrons. The third-order valence-electron chi connectivity index (χ3n) is 4.03. The summed E-state index contributed by atoms with van der Waals surface area (Å²) in [6.07, 6.45) is 3.72. The third kappa shape index (κ3) is 8.64. The molecule has 1 atom stereocenters. The summed E-state index contributed by atoms with van der Waals surface area (Å²) >= 11 is 0. The summed E-state index contributed by atoms with van der Waals surface area (Å²) in [5, 5.41) is 15.6. The van der Waals surface area contributed by atoms with Crippen molar-refractivity contribution in [2.45, 2.75) is 18.9 Å². The normalized spacial score (nSPS) is 16.6. The Balaban J connectivity index is 0.000000359. The second-order valence-corrected chi connectivity index (χ2v) is 6.09. The van der Waals surface area contributed by atoms with Gasteiger partial charge in [0.1, 0.15) is 0 Å². The van der Waals surface area contributed by atoms with Crippen molar-refractivity contribution in [1.82, 2.24) is 4.90 Å². The monoisotopic (exact) mass is 364 g/mol. The maximum atomic E-state index is 9.55. The summed E-state index contributed by atoms with van der Waals surface area (Å²) in [6, 6.07) is 11.4. The fourth-order valence-corrected chi connectivity index (χ4v) is 2.83. The van der Waals surface area contributed by atoms with Crippen LogP contribution >= 0.6 is 0 Å². The fourth-order valence-electron chi connectivity index (χ4n) is 2.83. The maximum Gasteiger partial charge on any atom is 0.328 e. The van der Waals surface area contributed by atoms with E-state index in [1.54, 1.807) is 7.11 Å². The lowest BCUT2D eigenvalue weighted by molar-refractivity contribution is -0.134. The van der Waals surface area contributed by atoms with Gasteiger partial charge in [0, 0.05) is 50.6 Å².